The zero-order valence-corrected chi connectivity index (χ0v) is 8.49. The van der Waals surface area contributed by atoms with Gasteiger partial charge in [-0.15, -0.1) is 0 Å². The van der Waals surface area contributed by atoms with Crippen LogP contribution in [0.2, 0.25) is 0 Å². The third-order valence-corrected chi connectivity index (χ3v) is 3.49. The summed E-state index contributed by atoms with van der Waals surface area (Å²) in [6, 6.07) is 2.41. The molecule has 0 saturated heterocycles. The van der Waals surface area contributed by atoms with E-state index in [2.05, 4.69) is 13.0 Å². The molecule has 2 aliphatic carbocycles. The summed E-state index contributed by atoms with van der Waals surface area (Å²) >= 11 is 6.05. The zero-order chi connectivity index (χ0) is 9.47. The molecule has 13 heavy (non-hydrogen) atoms. The van der Waals surface area contributed by atoms with Crippen molar-refractivity contribution in [2.75, 3.05) is 0 Å². The quantitative estimate of drug-likeness (QED) is 0.625. The Balaban J connectivity index is 2.29. The molecule has 2 rings (SSSR count). The molecule has 0 unspecified atom stereocenters. The van der Waals surface area contributed by atoms with Crippen molar-refractivity contribution in [3.8, 4) is 6.07 Å². The second kappa shape index (κ2) is 2.89. The van der Waals surface area contributed by atoms with E-state index >= 15 is 0 Å². The number of nitrogens with zero attached hydrogens (tertiary/aromatic N) is 1. The molecule has 0 aliphatic heterocycles. The highest BCUT2D eigenvalue weighted by Crippen LogP contribution is 2.54. The van der Waals surface area contributed by atoms with E-state index in [1.54, 1.807) is 0 Å². The van der Waals surface area contributed by atoms with E-state index < -0.39 is 0 Å². The Morgan fingerprint density at radius 1 is 1.46 bits per heavy atom. The van der Waals surface area contributed by atoms with E-state index in [0.29, 0.717) is 0 Å². The molecule has 0 N–H and O–H groups in total. The van der Waals surface area contributed by atoms with Crippen LogP contribution in [0.1, 0.15) is 32.6 Å². The third-order valence-electron chi connectivity index (χ3n) is 3.06. The summed E-state index contributed by atoms with van der Waals surface area (Å²) in [6.07, 6.45) is 6.11. The van der Waals surface area contributed by atoms with E-state index in [-0.39, 0.29) is 5.41 Å². The summed E-state index contributed by atoms with van der Waals surface area (Å²) in [6.45, 7) is 2.06. The molecule has 0 aromatic rings. The van der Waals surface area contributed by atoms with E-state index in [1.165, 1.54) is 11.1 Å². The van der Waals surface area contributed by atoms with Crippen molar-refractivity contribution in [3.63, 3.8) is 0 Å². The number of halogens is 1. The number of rotatable bonds is 1. The topological polar surface area (TPSA) is 23.8 Å². The number of hydrogen-bond acceptors (Lipinski definition) is 1. The minimum absolute atomic E-state index is 0.124. The second-order valence-electron chi connectivity index (χ2n) is 3.99. The van der Waals surface area contributed by atoms with Crippen molar-refractivity contribution >= 4 is 11.6 Å². The van der Waals surface area contributed by atoms with Crippen LogP contribution < -0.4 is 0 Å². The SMILES string of the molecule is CC1=C(Cl)C=C(C2(C#N)CC2)CC1. The Hall–Kier alpha value is -0.740. The lowest BCUT2D eigenvalue weighted by atomic mass is 9.88. The molecule has 68 valence electrons. The Labute approximate surface area is 83.7 Å². The first kappa shape index (κ1) is 8.84. The highest BCUT2D eigenvalue weighted by molar-refractivity contribution is 6.31. The van der Waals surface area contributed by atoms with Gasteiger partial charge in [0.1, 0.15) is 0 Å². The third kappa shape index (κ3) is 1.40. The van der Waals surface area contributed by atoms with Crippen LogP contribution in [0.4, 0.5) is 0 Å². The van der Waals surface area contributed by atoms with Crippen LogP contribution in [0.25, 0.3) is 0 Å². The molecule has 1 saturated carbocycles. The molecule has 1 nitrogen and oxygen atoms in total. The number of nitriles is 1. The fourth-order valence-corrected chi connectivity index (χ4v) is 2.02. The van der Waals surface area contributed by atoms with Gasteiger partial charge >= 0.3 is 0 Å². The average Bonchev–Trinajstić information content (AvgIpc) is 2.90. The maximum absolute atomic E-state index is 9.01. The van der Waals surface area contributed by atoms with Crippen LogP contribution in [-0.4, -0.2) is 0 Å². The van der Waals surface area contributed by atoms with Gasteiger partial charge < -0.3 is 0 Å². The van der Waals surface area contributed by atoms with E-state index in [1.807, 2.05) is 6.08 Å². The molecule has 0 atom stereocenters. The molecule has 0 aromatic carbocycles. The normalized spacial score (nSPS) is 25.2. The number of hydrogen-bond donors (Lipinski definition) is 0. The van der Waals surface area contributed by atoms with Crippen molar-refractivity contribution in [1.82, 2.24) is 0 Å². The molecule has 0 radical (unpaired) electrons. The molecule has 0 heterocycles. The standard InChI is InChI=1S/C11H12ClN/c1-8-2-3-9(6-10(8)12)11(7-13)4-5-11/h6H,2-5H2,1H3. The molecular weight excluding hydrogens is 182 g/mol. The van der Waals surface area contributed by atoms with Crippen LogP contribution in [-0.2, 0) is 0 Å². The van der Waals surface area contributed by atoms with Gasteiger partial charge in [-0.2, -0.15) is 5.26 Å². The van der Waals surface area contributed by atoms with Gasteiger partial charge in [0.25, 0.3) is 0 Å². The van der Waals surface area contributed by atoms with Gasteiger partial charge in [-0.3, -0.25) is 0 Å². The van der Waals surface area contributed by atoms with Crippen LogP contribution in [0.3, 0.4) is 0 Å². The molecule has 2 aliphatic rings. The zero-order valence-electron chi connectivity index (χ0n) is 7.73. The van der Waals surface area contributed by atoms with Crippen molar-refractivity contribution in [2.45, 2.75) is 32.6 Å². The summed E-state index contributed by atoms with van der Waals surface area (Å²) in [5.74, 6) is 0. The summed E-state index contributed by atoms with van der Waals surface area (Å²) < 4.78 is 0. The molecular formula is C11H12ClN. The van der Waals surface area contributed by atoms with E-state index in [4.69, 9.17) is 16.9 Å². The van der Waals surface area contributed by atoms with Crippen molar-refractivity contribution in [3.05, 3.63) is 22.3 Å². The van der Waals surface area contributed by atoms with Gasteiger partial charge in [-0.1, -0.05) is 17.2 Å². The summed E-state index contributed by atoms with van der Waals surface area (Å²) in [4.78, 5) is 0. The predicted molar refractivity (Wildman–Crippen MR) is 53.2 cm³/mol. The highest BCUT2D eigenvalue weighted by atomic mass is 35.5. The van der Waals surface area contributed by atoms with Crippen LogP contribution in [0.5, 0.6) is 0 Å². The molecule has 0 amide bonds. The summed E-state index contributed by atoms with van der Waals surface area (Å²) in [7, 11) is 0. The molecule has 2 heteroatoms. The first-order chi connectivity index (χ1) is 6.18. The highest BCUT2D eigenvalue weighted by Gasteiger charge is 2.46. The minimum Gasteiger partial charge on any atom is -0.197 e. The minimum atomic E-state index is -0.124. The molecule has 1 fully saturated rings. The van der Waals surface area contributed by atoms with E-state index in [9.17, 15) is 0 Å². The average molecular weight is 194 g/mol. The monoisotopic (exact) mass is 193 g/mol. The van der Waals surface area contributed by atoms with E-state index in [0.717, 1.165) is 30.7 Å². The summed E-state index contributed by atoms with van der Waals surface area (Å²) in [5.41, 5.74) is 2.38. The van der Waals surface area contributed by atoms with Gasteiger partial charge in [0, 0.05) is 5.03 Å². The predicted octanol–water partition coefficient (Wildman–Crippen LogP) is 3.52. The van der Waals surface area contributed by atoms with Crippen LogP contribution >= 0.6 is 11.6 Å². The molecule has 0 spiro atoms. The fraction of sp³-hybridized carbons (Fsp3) is 0.545. The van der Waals surface area contributed by atoms with Gasteiger partial charge in [-0.05, 0) is 44.3 Å². The molecule has 0 aromatic heterocycles. The smallest absolute Gasteiger partial charge is 0.0787 e. The Kier molecular flexibility index (Phi) is 1.96. The molecule has 0 bridgehead atoms. The maximum Gasteiger partial charge on any atom is 0.0787 e. The Morgan fingerprint density at radius 2 is 2.15 bits per heavy atom. The van der Waals surface area contributed by atoms with Crippen LogP contribution in [0.15, 0.2) is 22.3 Å². The first-order valence-electron chi connectivity index (χ1n) is 4.65. The van der Waals surface area contributed by atoms with Gasteiger partial charge in [-0.25, -0.2) is 0 Å². The van der Waals surface area contributed by atoms with Crippen LogP contribution in [0, 0.1) is 16.7 Å². The van der Waals surface area contributed by atoms with Gasteiger partial charge in [0.05, 0.1) is 11.5 Å². The first-order valence-corrected chi connectivity index (χ1v) is 5.03. The Morgan fingerprint density at radius 3 is 2.62 bits per heavy atom. The second-order valence-corrected chi connectivity index (χ2v) is 4.40. The summed E-state index contributed by atoms with van der Waals surface area (Å²) in [5, 5.41) is 9.86. The largest absolute Gasteiger partial charge is 0.197 e. The maximum atomic E-state index is 9.01. The van der Waals surface area contributed by atoms with Gasteiger partial charge in [0.2, 0.25) is 0 Å². The van der Waals surface area contributed by atoms with Crippen molar-refractivity contribution in [1.29, 1.82) is 5.26 Å². The number of allylic oxidation sites excluding steroid dienone is 4. The van der Waals surface area contributed by atoms with Gasteiger partial charge in [0.15, 0.2) is 0 Å². The van der Waals surface area contributed by atoms with Crippen molar-refractivity contribution in [2.24, 2.45) is 5.41 Å². The lowest BCUT2D eigenvalue weighted by molar-refractivity contribution is 0.716. The van der Waals surface area contributed by atoms with Crippen molar-refractivity contribution < 1.29 is 0 Å². The fourth-order valence-electron chi connectivity index (χ4n) is 1.80. The Bertz CT molecular complexity index is 340. The lowest BCUT2D eigenvalue weighted by Gasteiger charge is -2.17. The lowest BCUT2D eigenvalue weighted by Crippen LogP contribution is -2.05.